The van der Waals surface area contributed by atoms with Gasteiger partial charge in [-0.3, -0.25) is 4.79 Å². The van der Waals surface area contributed by atoms with Crippen molar-refractivity contribution in [1.82, 2.24) is 5.32 Å². The van der Waals surface area contributed by atoms with Crippen LogP contribution in [0.4, 0.5) is 0 Å². The molecule has 0 saturated carbocycles. The number of hydrogen-bond acceptors (Lipinski definition) is 3. The lowest BCUT2D eigenvalue weighted by Gasteiger charge is -2.25. The maximum atomic E-state index is 12.0. The molecule has 0 fully saturated rings. The maximum Gasteiger partial charge on any atom is 0.251 e. The van der Waals surface area contributed by atoms with Crippen molar-refractivity contribution in [3.63, 3.8) is 0 Å². The van der Waals surface area contributed by atoms with E-state index < -0.39 is 5.54 Å². The largest absolute Gasteiger partial charge is 0.496 e. The molecule has 0 aliphatic heterocycles. The molecule has 0 bridgehead atoms. The molecule has 0 atom stereocenters. The van der Waals surface area contributed by atoms with Crippen LogP contribution in [0.3, 0.4) is 0 Å². The van der Waals surface area contributed by atoms with Crippen LogP contribution in [0, 0.1) is 0 Å². The summed E-state index contributed by atoms with van der Waals surface area (Å²) in [6.45, 7) is 3.79. The second-order valence-electron chi connectivity index (χ2n) is 4.66. The third-order valence-electron chi connectivity index (χ3n) is 2.60. The molecule has 0 aromatic heterocycles. The van der Waals surface area contributed by atoms with E-state index in [9.17, 15) is 4.79 Å². The first-order valence-electron chi connectivity index (χ1n) is 5.66. The van der Waals surface area contributed by atoms with E-state index in [0.717, 1.165) is 4.47 Å². The van der Waals surface area contributed by atoms with Crippen molar-refractivity contribution in [2.45, 2.75) is 25.8 Å². The Morgan fingerprint density at radius 1 is 1.50 bits per heavy atom. The molecule has 0 heterocycles. The van der Waals surface area contributed by atoms with Gasteiger partial charge in [-0.15, -0.1) is 0 Å². The molecular weight excluding hydrogens is 298 g/mol. The lowest BCUT2D eigenvalue weighted by Crippen LogP contribution is -2.44. The van der Waals surface area contributed by atoms with Crippen molar-refractivity contribution in [2.24, 2.45) is 0 Å². The summed E-state index contributed by atoms with van der Waals surface area (Å²) in [5.41, 5.74) is 0.117. The van der Waals surface area contributed by atoms with Crippen LogP contribution in [0.25, 0.3) is 0 Å². The highest BCUT2D eigenvalue weighted by molar-refractivity contribution is 9.10. The second-order valence-corrected chi connectivity index (χ2v) is 5.52. The summed E-state index contributed by atoms with van der Waals surface area (Å²) in [4.78, 5) is 12.0. The maximum absolute atomic E-state index is 12.0. The van der Waals surface area contributed by atoms with E-state index in [1.807, 2.05) is 13.8 Å². The zero-order valence-electron chi connectivity index (χ0n) is 10.8. The topological polar surface area (TPSA) is 58.6 Å². The minimum atomic E-state index is -0.432. The summed E-state index contributed by atoms with van der Waals surface area (Å²) in [6, 6.07) is 5.15. The quantitative estimate of drug-likeness (QED) is 0.877. The van der Waals surface area contributed by atoms with E-state index >= 15 is 0 Å². The monoisotopic (exact) mass is 315 g/mol. The normalized spacial score (nSPS) is 11.2. The van der Waals surface area contributed by atoms with Gasteiger partial charge in [0.05, 0.1) is 11.6 Å². The molecule has 0 radical (unpaired) electrons. The third kappa shape index (κ3) is 3.99. The van der Waals surface area contributed by atoms with Crippen molar-refractivity contribution < 1.29 is 14.6 Å². The predicted molar refractivity (Wildman–Crippen MR) is 73.9 cm³/mol. The van der Waals surface area contributed by atoms with E-state index in [4.69, 9.17) is 9.84 Å². The lowest BCUT2D eigenvalue weighted by atomic mass is 10.0. The number of nitrogens with one attached hydrogen (secondary N) is 1. The van der Waals surface area contributed by atoms with E-state index in [-0.39, 0.29) is 12.5 Å². The number of ether oxygens (including phenoxy) is 1. The average molecular weight is 316 g/mol. The number of carbonyl (C=O) groups excluding carboxylic acids is 1. The summed E-state index contributed by atoms with van der Waals surface area (Å²) in [5, 5.41) is 11.8. The molecule has 5 heteroatoms. The van der Waals surface area contributed by atoms with Crippen LogP contribution in [0.15, 0.2) is 22.7 Å². The summed E-state index contributed by atoms with van der Waals surface area (Å²) in [6.07, 6.45) is 0.510. The Kier molecular flexibility index (Phi) is 5.16. The second kappa shape index (κ2) is 6.20. The standard InChI is InChI=1S/C13H18BrNO3/c1-13(2,6-7-16)15-12(17)9-4-5-11(18-3)10(14)8-9/h4-5,8,16H,6-7H2,1-3H3,(H,15,17). The number of amides is 1. The first-order valence-corrected chi connectivity index (χ1v) is 6.46. The molecule has 100 valence electrons. The molecule has 0 aliphatic carbocycles. The van der Waals surface area contributed by atoms with Gasteiger partial charge in [0, 0.05) is 17.7 Å². The van der Waals surface area contributed by atoms with Crippen LogP contribution in [0.1, 0.15) is 30.6 Å². The SMILES string of the molecule is COc1ccc(C(=O)NC(C)(C)CCO)cc1Br. The van der Waals surface area contributed by atoms with Gasteiger partial charge < -0.3 is 15.2 Å². The Morgan fingerprint density at radius 2 is 2.17 bits per heavy atom. The van der Waals surface area contributed by atoms with Crippen molar-refractivity contribution in [2.75, 3.05) is 13.7 Å². The number of hydrogen-bond donors (Lipinski definition) is 2. The van der Waals surface area contributed by atoms with Crippen LogP contribution in [-0.2, 0) is 0 Å². The van der Waals surface area contributed by atoms with Crippen LogP contribution in [0.2, 0.25) is 0 Å². The zero-order valence-corrected chi connectivity index (χ0v) is 12.4. The van der Waals surface area contributed by atoms with Gasteiger partial charge in [-0.05, 0) is 54.4 Å². The number of carbonyl (C=O) groups is 1. The average Bonchev–Trinajstić information content (AvgIpc) is 2.28. The molecule has 4 nitrogen and oxygen atoms in total. The van der Waals surface area contributed by atoms with Gasteiger partial charge in [0.15, 0.2) is 0 Å². The minimum Gasteiger partial charge on any atom is -0.496 e. The molecule has 1 aromatic rings. The van der Waals surface area contributed by atoms with E-state index in [1.54, 1.807) is 25.3 Å². The summed E-state index contributed by atoms with van der Waals surface area (Å²) < 4.78 is 5.84. The molecule has 0 unspecified atom stereocenters. The highest BCUT2D eigenvalue weighted by Gasteiger charge is 2.20. The fourth-order valence-electron chi connectivity index (χ4n) is 1.53. The van der Waals surface area contributed by atoms with Crippen molar-refractivity contribution in [1.29, 1.82) is 0 Å². The molecule has 1 aromatic carbocycles. The highest BCUT2D eigenvalue weighted by Crippen LogP contribution is 2.25. The lowest BCUT2D eigenvalue weighted by molar-refractivity contribution is 0.0899. The van der Waals surface area contributed by atoms with Gasteiger partial charge in [0.1, 0.15) is 5.75 Å². The molecule has 18 heavy (non-hydrogen) atoms. The van der Waals surface area contributed by atoms with Gasteiger partial charge in [0.25, 0.3) is 5.91 Å². The van der Waals surface area contributed by atoms with Crippen molar-refractivity contribution in [3.05, 3.63) is 28.2 Å². The molecule has 1 amide bonds. The Hall–Kier alpha value is -1.07. The summed E-state index contributed by atoms with van der Waals surface area (Å²) in [5.74, 6) is 0.512. The highest BCUT2D eigenvalue weighted by atomic mass is 79.9. The Bertz CT molecular complexity index is 432. The van der Waals surface area contributed by atoms with Crippen LogP contribution in [0.5, 0.6) is 5.75 Å². The smallest absolute Gasteiger partial charge is 0.251 e. The number of rotatable bonds is 5. The van der Waals surface area contributed by atoms with Gasteiger partial charge >= 0.3 is 0 Å². The molecule has 0 spiro atoms. The fraction of sp³-hybridized carbons (Fsp3) is 0.462. The van der Waals surface area contributed by atoms with Crippen LogP contribution < -0.4 is 10.1 Å². The van der Waals surface area contributed by atoms with E-state index in [0.29, 0.717) is 17.7 Å². The number of halogens is 1. The van der Waals surface area contributed by atoms with E-state index in [1.165, 1.54) is 0 Å². The van der Waals surface area contributed by atoms with Gasteiger partial charge in [0.2, 0.25) is 0 Å². The molecule has 1 rings (SSSR count). The summed E-state index contributed by atoms with van der Waals surface area (Å²) in [7, 11) is 1.57. The Labute approximate surface area is 115 Å². The van der Waals surface area contributed by atoms with Gasteiger partial charge in [-0.1, -0.05) is 0 Å². The fourth-order valence-corrected chi connectivity index (χ4v) is 2.07. The third-order valence-corrected chi connectivity index (χ3v) is 3.22. The summed E-state index contributed by atoms with van der Waals surface area (Å²) >= 11 is 3.34. The molecule has 0 saturated heterocycles. The van der Waals surface area contributed by atoms with E-state index in [2.05, 4.69) is 21.2 Å². The first kappa shape index (κ1) is 15.0. The minimum absolute atomic E-state index is 0.0413. The van der Waals surface area contributed by atoms with Crippen molar-refractivity contribution in [3.8, 4) is 5.75 Å². The number of aliphatic hydroxyl groups is 1. The molecular formula is C13H18BrNO3. The number of methoxy groups -OCH3 is 1. The van der Waals surface area contributed by atoms with Gasteiger partial charge in [-0.2, -0.15) is 0 Å². The molecule has 0 aliphatic rings. The molecule has 2 N–H and O–H groups in total. The van der Waals surface area contributed by atoms with Crippen LogP contribution in [-0.4, -0.2) is 30.3 Å². The van der Waals surface area contributed by atoms with Crippen LogP contribution >= 0.6 is 15.9 Å². The first-order chi connectivity index (χ1) is 8.39. The van der Waals surface area contributed by atoms with Gasteiger partial charge in [-0.25, -0.2) is 0 Å². The number of benzene rings is 1. The predicted octanol–water partition coefficient (Wildman–Crippen LogP) is 2.35. The Morgan fingerprint density at radius 3 is 2.67 bits per heavy atom. The zero-order chi connectivity index (χ0) is 13.8. The Balaban J connectivity index is 2.82. The van der Waals surface area contributed by atoms with Crippen molar-refractivity contribution >= 4 is 21.8 Å². The number of aliphatic hydroxyl groups excluding tert-OH is 1.